The monoisotopic (exact) mass is 300 g/mol. The number of hydrogen-bond donors (Lipinski definition) is 0. The van der Waals surface area contributed by atoms with Gasteiger partial charge in [0, 0.05) is 19.6 Å². The zero-order valence-corrected chi connectivity index (χ0v) is 11.7. The van der Waals surface area contributed by atoms with E-state index in [4.69, 9.17) is 4.42 Å². The van der Waals surface area contributed by atoms with Gasteiger partial charge in [0.2, 0.25) is 0 Å². The normalized spacial score (nSPS) is 21.5. The summed E-state index contributed by atoms with van der Waals surface area (Å²) >= 11 is 3.25. The summed E-state index contributed by atoms with van der Waals surface area (Å²) in [5.41, 5.74) is 0.598. The van der Waals surface area contributed by atoms with Crippen molar-refractivity contribution >= 4 is 21.8 Å². The summed E-state index contributed by atoms with van der Waals surface area (Å²) in [7, 11) is 3.96. The second kappa shape index (κ2) is 5.23. The van der Waals surface area contributed by atoms with Crippen LogP contribution < -0.4 is 0 Å². The van der Waals surface area contributed by atoms with Crippen LogP contribution in [0.15, 0.2) is 21.4 Å². The first-order valence-corrected chi connectivity index (χ1v) is 6.57. The summed E-state index contributed by atoms with van der Waals surface area (Å²) in [5, 5.41) is 0. The van der Waals surface area contributed by atoms with Crippen molar-refractivity contribution in [2.75, 3.05) is 27.2 Å². The molecule has 0 bridgehead atoms. The Bertz CT molecular complexity index is 405. The van der Waals surface area contributed by atoms with Crippen LogP contribution in [-0.4, -0.2) is 48.9 Å². The molecule has 0 radical (unpaired) electrons. The molecule has 1 aliphatic rings. The molecule has 1 atom stereocenters. The van der Waals surface area contributed by atoms with Crippen LogP contribution in [0.25, 0.3) is 0 Å². The fourth-order valence-electron chi connectivity index (χ4n) is 2.26. The number of hydrogen-bond acceptors (Lipinski definition) is 3. The van der Waals surface area contributed by atoms with Crippen LogP contribution >= 0.6 is 15.9 Å². The first-order valence-electron chi connectivity index (χ1n) is 5.78. The molecule has 17 heavy (non-hydrogen) atoms. The average Bonchev–Trinajstić information content (AvgIpc) is 2.73. The maximum Gasteiger partial charge on any atom is 0.258 e. The number of likely N-dealkylation sites (N-methyl/N-ethyl adjacent to an activating group) is 2. The minimum absolute atomic E-state index is 0.0194. The maximum absolute atomic E-state index is 12.2. The predicted molar refractivity (Wildman–Crippen MR) is 69.0 cm³/mol. The number of amides is 1. The quantitative estimate of drug-likeness (QED) is 0.840. The van der Waals surface area contributed by atoms with E-state index < -0.39 is 0 Å². The number of likely N-dealkylation sites (tertiary alicyclic amines) is 1. The highest BCUT2D eigenvalue weighted by atomic mass is 79.9. The third-order valence-electron chi connectivity index (χ3n) is 3.32. The second-order valence-electron chi connectivity index (χ2n) is 4.58. The van der Waals surface area contributed by atoms with E-state index in [0.29, 0.717) is 16.3 Å². The van der Waals surface area contributed by atoms with Gasteiger partial charge >= 0.3 is 0 Å². The molecule has 1 unspecified atom stereocenters. The Hall–Kier alpha value is -0.810. The van der Waals surface area contributed by atoms with Crippen molar-refractivity contribution in [1.29, 1.82) is 0 Å². The van der Waals surface area contributed by atoms with Gasteiger partial charge < -0.3 is 14.2 Å². The Labute approximate surface area is 110 Å². The van der Waals surface area contributed by atoms with E-state index in [1.54, 1.807) is 6.07 Å². The zero-order chi connectivity index (χ0) is 12.4. The van der Waals surface area contributed by atoms with Crippen LogP contribution in [-0.2, 0) is 0 Å². The van der Waals surface area contributed by atoms with Gasteiger partial charge in [0.15, 0.2) is 4.67 Å². The number of piperidine rings is 1. The van der Waals surface area contributed by atoms with Gasteiger partial charge in [-0.15, -0.1) is 0 Å². The highest BCUT2D eigenvalue weighted by Gasteiger charge is 2.26. The fraction of sp³-hybridized carbons (Fsp3) is 0.583. The number of nitrogens with zero attached hydrogens (tertiary/aromatic N) is 2. The molecule has 0 N–H and O–H groups in total. The lowest BCUT2D eigenvalue weighted by atomic mass is 10.0. The van der Waals surface area contributed by atoms with Crippen molar-refractivity contribution < 1.29 is 9.21 Å². The van der Waals surface area contributed by atoms with E-state index in [1.165, 1.54) is 6.26 Å². The molecule has 0 spiro atoms. The second-order valence-corrected chi connectivity index (χ2v) is 5.30. The summed E-state index contributed by atoms with van der Waals surface area (Å²) in [6.45, 7) is 2.06. The van der Waals surface area contributed by atoms with Gasteiger partial charge in [-0.2, -0.15) is 0 Å². The van der Waals surface area contributed by atoms with Crippen molar-refractivity contribution in [2.24, 2.45) is 0 Å². The summed E-state index contributed by atoms with van der Waals surface area (Å²) < 4.78 is 5.62. The first kappa shape index (κ1) is 12.6. The van der Waals surface area contributed by atoms with E-state index >= 15 is 0 Å². The average molecular weight is 301 g/mol. The SMILES string of the molecule is CN1CCCC(N(C)C(=O)c2ccoc2Br)C1. The number of carbonyl (C=O) groups is 1. The molecule has 0 saturated carbocycles. The topological polar surface area (TPSA) is 36.7 Å². The van der Waals surface area contributed by atoms with Gasteiger partial charge in [-0.05, 0) is 48.4 Å². The largest absolute Gasteiger partial charge is 0.457 e. The van der Waals surface area contributed by atoms with Gasteiger partial charge in [-0.1, -0.05) is 0 Å². The highest BCUT2D eigenvalue weighted by Crippen LogP contribution is 2.21. The van der Waals surface area contributed by atoms with E-state index in [-0.39, 0.29) is 5.91 Å². The number of halogens is 1. The lowest BCUT2D eigenvalue weighted by Crippen LogP contribution is -2.47. The molecule has 5 heteroatoms. The van der Waals surface area contributed by atoms with Crippen LogP contribution in [0.2, 0.25) is 0 Å². The lowest BCUT2D eigenvalue weighted by Gasteiger charge is -2.35. The molecule has 1 fully saturated rings. The highest BCUT2D eigenvalue weighted by molar-refractivity contribution is 9.10. The van der Waals surface area contributed by atoms with Gasteiger partial charge in [0.1, 0.15) is 0 Å². The van der Waals surface area contributed by atoms with E-state index in [0.717, 1.165) is 25.9 Å². The van der Waals surface area contributed by atoms with Crippen LogP contribution in [0.4, 0.5) is 0 Å². The van der Waals surface area contributed by atoms with Gasteiger partial charge in [0.05, 0.1) is 11.8 Å². The Balaban J connectivity index is 2.07. The van der Waals surface area contributed by atoms with Crippen molar-refractivity contribution in [1.82, 2.24) is 9.80 Å². The van der Waals surface area contributed by atoms with Crippen molar-refractivity contribution in [3.63, 3.8) is 0 Å². The molecule has 0 aliphatic carbocycles. The smallest absolute Gasteiger partial charge is 0.258 e. The number of furan rings is 1. The Morgan fingerprint density at radius 1 is 1.65 bits per heavy atom. The van der Waals surface area contributed by atoms with E-state index in [2.05, 4.69) is 27.9 Å². The number of rotatable bonds is 2. The molecule has 2 rings (SSSR count). The van der Waals surface area contributed by atoms with Crippen LogP contribution in [0, 0.1) is 0 Å². The molecule has 1 aromatic rings. The van der Waals surface area contributed by atoms with Gasteiger partial charge in [0.25, 0.3) is 5.91 Å². The fourth-order valence-corrected chi connectivity index (χ4v) is 2.67. The van der Waals surface area contributed by atoms with Gasteiger partial charge in [-0.25, -0.2) is 0 Å². The van der Waals surface area contributed by atoms with Crippen molar-refractivity contribution in [2.45, 2.75) is 18.9 Å². The summed E-state index contributed by atoms with van der Waals surface area (Å²) in [6, 6.07) is 2.00. The molecule has 1 saturated heterocycles. The molecule has 94 valence electrons. The molecular formula is C12H17BrN2O2. The lowest BCUT2D eigenvalue weighted by molar-refractivity contribution is 0.0642. The van der Waals surface area contributed by atoms with Crippen molar-refractivity contribution in [3.05, 3.63) is 22.6 Å². The van der Waals surface area contributed by atoms with Crippen LogP contribution in [0.3, 0.4) is 0 Å². The molecular weight excluding hydrogens is 284 g/mol. The Morgan fingerprint density at radius 3 is 3.00 bits per heavy atom. The minimum atomic E-state index is 0.0194. The first-order chi connectivity index (χ1) is 8.09. The molecule has 2 heterocycles. The molecule has 0 aromatic carbocycles. The van der Waals surface area contributed by atoms with Crippen molar-refractivity contribution in [3.8, 4) is 0 Å². The zero-order valence-electron chi connectivity index (χ0n) is 10.1. The summed E-state index contributed by atoms with van der Waals surface area (Å²) in [4.78, 5) is 16.3. The minimum Gasteiger partial charge on any atom is -0.457 e. The van der Waals surface area contributed by atoms with Gasteiger partial charge in [-0.3, -0.25) is 4.79 Å². The third-order valence-corrected chi connectivity index (χ3v) is 3.93. The van der Waals surface area contributed by atoms with E-state index in [9.17, 15) is 4.79 Å². The Morgan fingerprint density at radius 2 is 2.41 bits per heavy atom. The van der Waals surface area contributed by atoms with Crippen LogP contribution in [0.5, 0.6) is 0 Å². The standard InChI is InChI=1S/C12H17BrN2O2/c1-14-6-3-4-9(8-14)15(2)12(16)10-5-7-17-11(10)13/h5,7,9H,3-4,6,8H2,1-2H3. The molecule has 1 amide bonds. The molecule has 1 aliphatic heterocycles. The maximum atomic E-state index is 12.2. The number of carbonyl (C=O) groups excluding carboxylic acids is 1. The van der Waals surface area contributed by atoms with E-state index in [1.807, 2.05) is 11.9 Å². The molecule has 1 aromatic heterocycles. The van der Waals surface area contributed by atoms with Crippen LogP contribution in [0.1, 0.15) is 23.2 Å². The third kappa shape index (κ3) is 2.72. The summed E-state index contributed by atoms with van der Waals surface area (Å²) in [6.07, 6.45) is 3.74. The Kier molecular flexibility index (Phi) is 3.89. The predicted octanol–water partition coefficient (Wildman–Crippen LogP) is 2.21. The molecule has 4 nitrogen and oxygen atoms in total. The summed E-state index contributed by atoms with van der Waals surface area (Å²) in [5.74, 6) is 0.0194.